The first-order valence-electron chi connectivity index (χ1n) is 10.9. The Morgan fingerprint density at radius 2 is 1.58 bits per heavy atom. The number of nitrogens with zero attached hydrogens (tertiary/aromatic N) is 3. The molecule has 1 amide bonds. The first-order chi connectivity index (χ1) is 15.8. The average molecular weight is 457 g/mol. The SMILES string of the molecule is Cc1ccc(NC(=O)CSc2nnc(-c3ccc(C(C)(C)C)cc3)n2-c2ccccc2)cc1. The molecule has 4 aromatic rings. The van der Waals surface area contributed by atoms with Gasteiger partial charge in [-0.15, -0.1) is 10.2 Å². The zero-order chi connectivity index (χ0) is 23.4. The molecule has 0 atom stereocenters. The number of carbonyl (C=O) groups is 1. The van der Waals surface area contributed by atoms with Gasteiger partial charge in [0.05, 0.1) is 5.75 Å². The number of nitrogens with one attached hydrogen (secondary N) is 1. The number of hydrogen-bond acceptors (Lipinski definition) is 4. The number of carbonyl (C=O) groups excluding carboxylic acids is 1. The van der Waals surface area contributed by atoms with Crippen molar-refractivity contribution >= 4 is 23.4 Å². The van der Waals surface area contributed by atoms with E-state index in [0.29, 0.717) is 5.16 Å². The van der Waals surface area contributed by atoms with E-state index in [-0.39, 0.29) is 17.1 Å². The molecule has 1 aromatic heterocycles. The van der Waals surface area contributed by atoms with Crippen LogP contribution in [0.5, 0.6) is 0 Å². The second-order valence-electron chi connectivity index (χ2n) is 9.01. The van der Waals surface area contributed by atoms with Crippen LogP contribution in [0.15, 0.2) is 84.0 Å². The molecular weight excluding hydrogens is 428 g/mol. The summed E-state index contributed by atoms with van der Waals surface area (Å²) in [6, 6.07) is 26.2. The first-order valence-corrected chi connectivity index (χ1v) is 11.9. The summed E-state index contributed by atoms with van der Waals surface area (Å²) in [5.41, 5.74) is 5.22. The molecule has 6 heteroatoms. The van der Waals surface area contributed by atoms with E-state index in [2.05, 4.69) is 60.6 Å². The van der Waals surface area contributed by atoms with Gasteiger partial charge in [0, 0.05) is 16.9 Å². The van der Waals surface area contributed by atoms with E-state index < -0.39 is 0 Å². The predicted octanol–water partition coefficient (Wildman–Crippen LogP) is 6.27. The Labute approximate surface area is 199 Å². The van der Waals surface area contributed by atoms with Crippen LogP contribution in [0, 0.1) is 6.92 Å². The minimum absolute atomic E-state index is 0.0808. The molecule has 0 saturated heterocycles. The highest BCUT2D eigenvalue weighted by molar-refractivity contribution is 7.99. The lowest BCUT2D eigenvalue weighted by Crippen LogP contribution is -2.14. The largest absolute Gasteiger partial charge is 0.325 e. The number of hydrogen-bond donors (Lipinski definition) is 1. The van der Waals surface area contributed by atoms with Crippen molar-refractivity contribution in [3.05, 3.63) is 90.0 Å². The Bertz CT molecular complexity index is 1220. The minimum Gasteiger partial charge on any atom is -0.325 e. The minimum atomic E-state index is -0.0810. The van der Waals surface area contributed by atoms with Crippen molar-refractivity contribution in [3.8, 4) is 17.1 Å². The number of amides is 1. The molecule has 0 aliphatic heterocycles. The van der Waals surface area contributed by atoms with Crippen LogP contribution in [0.4, 0.5) is 5.69 Å². The van der Waals surface area contributed by atoms with Crippen molar-refractivity contribution in [1.29, 1.82) is 0 Å². The van der Waals surface area contributed by atoms with Crippen LogP contribution in [0.3, 0.4) is 0 Å². The summed E-state index contributed by atoms with van der Waals surface area (Å²) in [6.07, 6.45) is 0. The van der Waals surface area contributed by atoms with Gasteiger partial charge in [-0.2, -0.15) is 0 Å². The maximum Gasteiger partial charge on any atom is 0.234 e. The smallest absolute Gasteiger partial charge is 0.234 e. The van der Waals surface area contributed by atoms with Crippen molar-refractivity contribution in [1.82, 2.24) is 14.8 Å². The molecule has 0 bridgehead atoms. The molecule has 0 unspecified atom stereocenters. The Morgan fingerprint density at radius 1 is 0.909 bits per heavy atom. The van der Waals surface area contributed by atoms with Gasteiger partial charge in [-0.1, -0.05) is 92.7 Å². The average Bonchev–Trinajstić information content (AvgIpc) is 3.23. The van der Waals surface area contributed by atoms with E-state index in [1.807, 2.05) is 66.1 Å². The lowest BCUT2D eigenvalue weighted by molar-refractivity contribution is -0.113. The van der Waals surface area contributed by atoms with Gasteiger partial charge in [0.1, 0.15) is 0 Å². The number of aryl methyl sites for hydroxylation is 1. The second kappa shape index (κ2) is 9.63. The van der Waals surface area contributed by atoms with Crippen LogP contribution in [0.25, 0.3) is 17.1 Å². The molecule has 0 radical (unpaired) electrons. The lowest BCUT2D eigenvalue weighted by atomic mass is 9.87. The molecule has 1 heterocycles. The normalized spacial score (nSPS) is 11.4. The van der Waals surface area contributed by atoms with Crippen LogP contribution in [0.1, 0.15) is 31.9 Å². The number of benzene rings is 3. The lowest BCUT2D eigenvalue weighted by Gasteiger charge is -2.19. The Hall–Kier alpha value is -3.38. The third kappa shape index (κ3) is 5.52. The van der Waals surface area contributed by atoms with Crippen LogP contribution >= 0.6 is 11.8 Å². The van der Waals surface area contributed by atoms with Crippen LogP contribution in [-0.4, -0.2) is 26.4 Å². The number of aromatic nitrogens is 3. The summed E-state index contributed by atoms with van der Waals surface area (Å²) < 4.78 is 2.01. The van der Waals surface area contributed by atoms with Gasteiger partial charge < -0.3 is 5.32 Å². The number of thioether (sulfide) groups is 1. The molecule has 3 aromatic carbocycles. The van der Waals surface area contributed by atoms with Crippen LogP contribution < -0.4 is 5.32 Å². The summed E-state index contributed by atoms with van der Waals surface area (Å²) in [5, 5.41) is 12.5. The molecule has 168 valence electrons. The van der Waals surface area contributed by atoms with Crippen molar-refractivity contribution < 1.29 is 4.79 Å². The molecule has 0 aliphatic rings. The molecule has 4 rings (SSSR count). The van der Waals surface area contributed by atoms with E-state index >= 15 is 0 Å². The molecular formula is C27H28N4OS. The number of anilines is 1. The van der Waals surface area contributed by atoms with Crippen molar-refractivity contribution in [2.75, 3.05) is 11.1 Å². The maximum absolute atomic E-state index is 12.5. The van der Waals surface area contributed by atoms with E-state index in [1.54, 1.807) is 0 Å². The molecule has 5 nitrogen and oxygen atoms in total. The zero-order valence-corrected chi connectivity index (χ0v) is 20.2. The summed E-state index contributed by atoms with van der Waals surface area (Å²) in [6.45, 7) is 8.62. The van der Waals surface area contributed by atoms with Gasteiger partial charge in [-0.3, -0.25) is 9.36 Å². The monoisotopic (exact) mass is 456 g/mol. The standard InChI is InChI=1S/C27H28N4OS/c1-19-10-16-22(17-11-19)28-24(32)18-33-26-30-29-25(31(26)23-8-6-5-7-9-23)20-12-14-21(15-13-20)27(2,3)4/h5-17H,18H2,1-4H3,(H,28,32). The molecule has 33 heavy (non-hydrogen) atoms. The predicted molar refractivity (Wildman–Crippen MR) is 136 cm³/mol. The summed E-state index contributed by atoms with van der Waals surface area (Å²) in [4.78, 5) is 12.5. The first kappa shape index (κ1) is 22.8. The third-order valence-electron chi connectivity index (χ3n) is 5.32. The fourth-order valence-electron chi connectivity index (χ4n) is 3.44. The van der Waals surface area contributed by atoms with E-state index in [0.717, 1.165) is 28.3 Å². The van der Waals surface area contributed by atoms with Gasteiger partial charge in [0.15, 0.2) is 11.0 Å². The highest BCUT2D eigenvalue weighted by atomic mass is 32.2. The molecule has 0 fully saturated rings. The molecule has 0 spiro atoms. The highest BCUT2D eigenvalue weighted by Gasteiger charge is 2.19. The van der Waals surface area contributed by atoms with Gasteiger partial charge in [0.2, 0.25) is 5.91 Å². The van der Waals surface area contributed by atoms with Gasteiger partial charge in [-0.25, -0.2) is 0 Å². The van der Waals surface area contributed by atoms with Gasteiger partial charge >= 0.3 is 0 Å². The van der Waals surface area contributed by atoms with Gasteiger partial charge in [-0.05, 0) is 42.2 Å². The molecule has 1 N–H and O–H groups in total. The Kier molecular flexibility index (Phi) is 6.65. The van der Waals surface area contributed by atoms with Crippen molar-refractivity contribution in [2.45, 2.75) is 38.3 Å². The zero-order valence-electron chi connectivity index (χ0n) is 19.4. The fourth-order valence-corrected chi connectivity index (χ4v) is 4.20. The molecule has 0 saturated carbocycles. The number of rotatable bonds is 6. The summed E-state index contributed by atoms with van der Waals surface area (Å²) in [5.74, 6) is 0.910. The topological polar surface area (TPSA) is 59.8 Å². The van der Waals surface area contributed by atoms with E-state index in [9.17, 15) is 4.79 Å². The maximum atomic E-state index is 12.5. The van der Waals surface area contributed by atoms with Gasteiger partial charge in [0.25, 0.3) is 0 Å². The fraction of sp³-hybridized carbons (Fsp3) is 0.222. The Morgan fingerprint density at radius 3 is 2.21 bits per heavy atom. The van der Waals surface area contributed by atoms with Crippen LogP contribution in [0.2, 0.25) is 0 Å². The van der Waals surface area contributed by atoms with E-state index in [1.165, 1.54) is 17.3 Å². The van der Waals surface area contributed by atoms with Crippen molar-refractivity contribution in [2.24, 2.45) is 0 Å². The van der Waals surface area contributed by atoms with E-state index in [4.69, 9.17) is 0 Å². The quantitative estimate of drug-likeness (QED) is 0.347. The third-order valence-corrected chi connectivity index (χ3v) is 6.25. The summed E-state index contributed by atoms with van der Waals surface area (Å²) >= 11 is 1.37. The van der Waals surface area contributed by atoms with Crippen LogP contribution in [-0.2, 0) is 10.2 Å². The molecule has 0 aliphatic carbocycles. The summed E-state index contributed by atoms with van der Waals surface area (Å²) in [7, 11) is 0. The highest BCUT2D eigenvalue weighted by Crippen LogP contribution is 2.30. The Balaban J connectivity index is 1.59. The second-order valence-corrected chi connectivity index (χ2v) is 9.95. The number of para-hydroxylation sites is 1. The van der Waals surface area contributed by atoms with Crippen molar-refractivity contribution in [3.63, 3.8) is 0 Å².